The SMILES string of the molecule is CCOc1ccc(NCC(C)C(=O)O)cc1. The van der Waals surface area contributed by atoms with E-state index >= 15 is 0 Å². The molecular formula is C12H17NO3. The Labute approximate surface area is 95.2 Å². The summed E-state index contributed by atoms with van der Waals surface area (Å²) in [7, 11) is 0. The fourth-order valence-corrected chi connectivity index (χ4v) is 1.19. The first-order valence-corrected chi connectivity index (χ1v) is 5.33. The number of nitrogens with one attached hydrogen (secondary N) is 1. The molecule has 0 bridgehead atoms. The van der Waals surface area contributed by atoms with Crippen LogP contribution in [0.3, 0.4) is 0 Å². The summed E-state index contributed by atoms with van der Waals surface area (Å²) in [6.07, 6.45) is 0. The molecule has 0 aromatic heterocycles. The smallest absolute Gasteiger partial charge is 0.308 e. The maximum Gasteiger partial charge on any atom is 0.308 e. The highest BCUT2D eigenvalue weighted by molar-refractivity contribution is 5.70. The molecule has 88 valence electrons. The summed E-state index contributed by atoms with van der Waals surface area (Å²) in [5, 5.41) is 11.8. The van der Waals surface area contributed by atoms with E-state index in [2.05, 4.69) is 5.32 Å². The standard InChI is InChI=1S/C12H17NO3/c1-3-16-11-6-4-10(5-7-11)13-8-9(2)12(14)15/h4-7,9,13H,3,8H2,1-2H3,(H,14,15). The van der Waals surface area contributed by atoms with Crippen LogP contribution in [0.15, 0.2) is 24.3 Å². The molecule has 1 aromatic carbocycles. The van der Waals surface area contributed by atoms with Gasteiger partial charge in [0.05, 0.1) is 12.5 Å². The van der Waals surface area contributed by atoms with Crippen molar-refractivity contribution in [3.05, 3.63) is 24.3 Å². The molecule has 0 amide bonds. The third-order valence-electron chi connectivity index (χ3n) is 2.20. The predicted octanol–water partition coefficient (Wildman–Crippen LogP) is 2.22. The number of carbonyl (C=O) groups is 1. The van der Waals surface area contributed by atoms with Gasteiger partial charge < -0.3 is 15.2 Å². The molecule has 0 saturated carbocycles. The molecule has 0 aliphatic heterocycles. The molecular weight excluding hydrogens is 206 g/mol. The summed E-state index contributed by atoms with van der Waals surface area (Å²) >= 11 is 0. The second-order valence-corrected chi connectivity index (χ2v) is 3.58. The van der Waals surface area contributed by atoms with Gasteiger partial charge >= 0.3 is 5.97 Å². The molecule has 0 spiro atoms. The van der Waals surface area contributed by atoms with Gasteiger partial charge in [0, 0.05) is 12.2 Å². The number of carboxylic acid groups (broad SMARTS) is 1. The number of carboxylic acids is 1. The molecule has 4 nitrogen and oxygen atoms in total. The van der Waals surface area contributed by atoms with E-state index in [1.165, 1.54) is 0 Å². The van der Waals surface area contributed by atoms with Crippen LogP contribution < -0.4 is 10.1 Å². The molecule has 0 heterocycles. The molecule has 1 unspecified atom stereocenters. The van der Waals surface area contributed by atoms with Crippen molar-refractivity contribution in [1.29, 1.82) is 0 Å². The maximum absolute atomic E-state index is 10.6. The van der Waals surface area contributed by atoms with E-state index < -0.39 is 11.9 Å². The maximum atomic E-state index is 10.6. The van der Waals surface area contributed by atoms with Crippen LogP contribution in [0, 0.1) is 5.92 Å². The van der Waals surface area contributed by atoms with Crippen LogP contribution in [0.5, 0.6) is 5.75 Å². The molecule has 1 aromatic rings. The third-order valence-corrected chi connectivity index (χ3v) is 2.20. The molecule has 4 heteroatoms. The van der Waals surface area contributed by atoms with Crippen molar-refractivity contribution in [3.8, 4) is 5.75 Å². The summed E-state index contributed by atoms with van der Waals surface area (Å²) in [5.74, 6) is -0.371. The van der Waals surface area contributed by atoms with Crippen molar-refractivity contribution in [3.63, 3.8) is 0 Å². The minimum atomic E-state index is -0.793. The quantitative estimate of drug-likeness (QED) is 0.776. The molecule has 0 fully saturated rings. The normalized spacial score (nSPS) is 11.9. The van der Waals surface area contributed by atoms with Crippen LogP contribution >= 0.6 is 0 Å². The van der Waals surface area contributed by atoms with Gasteiger partial charge in [0.25, 0.3) is 0 Å². The van der Waals surface area contributed by atoms with Crippen molar-refractivity contribution in [2.45, 2.75) is 13.8 Å². The fraction of sp³-hybridized carbons (Fsp3) is 0.417. The van der Waals surface area contributed by atoms with Gasteiger partial charge in [-0.25, -0.2) is 0 Å². The van der Waals surface area contributed by atoms with Crippen LogP contribution in [0.1, 0.15) is 13.8 Å². The number of benzene rings is 1. The summed E-state index contributed by atoms with van der Waals surface area (Å²) in [6, 6.07) is 7.47. The van der Waals surface area contributed by atoms with Crippen molar-refractivity contribution in [1.82, 2.24) is 0 Å². The Morgan fingerprint density at radius 1 is 1.44 bits per heavy atom. The van der Waals surface area contributed by atoms with Crippen LogP contribution in [-0.2, 0) is 4.79 Å². The van der Waals surface area contributed by atoms with Crippen LogP contribution in [0.25, 0.3) is 0 Å². The largest absolute Gasteiger partial charge is 0.494 e. The number of ether oxygens (including phenoxy) is 1. The molecule has 0 radical (unpaired) electrons. The highest BCUT2D eigenvalue weighted by atomic mass is 16.5. The van der Waals surface area contributed by atoms with Crippen LogP contribution in [0.2, 0.25) is 0 Å². The van der Waals surface area contributed by atoms with Crippen LogP contribution in [0.4, 0.5) is 5.69 Å². The monoisotopic (exact) mass is 223 g/mol. The minimum absolute atomic E-state index is 0.397. The van der Waals surface area contributed by atoms with E-state index in [-0.39, 0.29) is 0 Å². The molecule has 2 N–H and O–H groups in total. The second-order valence-electron chi connectivity index (χ2n) is 3.58. The minimum Gasteiger partial charge on any atom is -0.494 e. The highest BCUT2D eigenvalue weighted by Gasteiger charge is 2.09. The Morgan fingerprint density at radius 2 is 2.06 bits per heavy atom. The van der Waals surface area contributed by atoms with E-state index in [1.54, 1.807) is 6.92 Å². The zero-order valence-corrected chi connectivity index (χ0v) is 9.56. The number of anilines is 1. The molecule has 1 rings (SSSR count). The second kappa shape index (κ2) is 6.00. The zero-order valence-electron chi connectivity index (χ0n) is 9.56. The first-order chi connectivity index (χ1) is 7.63. The topological polar surface area (TPSA) is 58.6 Å². The van der Waals surface area contributed by atoms with E-state index in [0.717, 1.165) is 11.4 Å². The summed E-state index contributed by atoms with van der Waals surface area (Å²) in [5.41, 5.74) is 0.900. The molecule has 16 heavy (non-hydrogen) atoms. The van der Waals surface area contributed by atoms with Crippen molar-refractivity contribution in [2.75, 3.05) is 18.5 Å². The van der Waals surface area contributed by atoms with E-state index in [0.29, 0.717) is 13.2 Å². The highest BCUT2D eigenvalue weighted by Crippen LogP contribution is 2.15. The Kier molecular flexibility index (Phi) is 4.64. The molecule has 0 aliphatic rings. The van der Waals surface area contributed by atoms with Crippen molar-refractivity contribution < 1.29 is 14.6 Å². The Morgan fingerprint density at radius 3 is 2.56 bits per heavy atom. The zero-order chi connectivity index (χ0) is 12.0. The number of rotatable bonds is 6. The van der Waals surface area contributed by atoms with Gasteiger partial charge in [-0.05, 0) is 31.2 Å². The molecule has 1 atom stereocenters. The predicted molar refractivity (Wildman–Crippen MR) is 62.9 cm³/mol. The Hall–Kier alpha value is -1.71. The van der Waals surface area contributed by atoms with Crippen molar-refractivity contribution >= 4 is 11.7 Å². The third kappa shape index (κ3) is 3.81. The fourth-order valence-electron chi connectivity index (χ4n) is 1.19. The van der Waals surface area contributed by atoms with Gasteiger partial charge in [-0.15, -0.1) is 0 Å². The summed E-state index contributed by atoms with van der Waals surface area (Å²) < 4.78 is 5.30. The number of aliphatic carboxylic acids is 1. The summed E-state index contributed by atoms with van der Waals surface area (Å²) in [4.78, 5) is 10.6. The van der Waals surface area contributed by atoms with E-state index in [9.17, 15) is 4.79 Å². The Bertz CT molecular complexity index is 335. The lowest BCUT2D eigenvalue weighted by atomic mass is 10.2. The Balaban J connectivity index is 2.46. The van der Waals surface area contributed by atoms with Gasteiger partial charge in [-0.1, -0.05) is 6.92 Å². The lowest BCUT2D eigenvalue weighted by molar-refractivity contribution is -0.140. The average Bonchev–Trinajstić information content (AvgIpc) is 2.28. The first-order valence-electron chi connectivity index (χ1n) is 5.33. The molecule has 0 saturated heterocycles. The van der Waals surface area contributed by atoms with Gasteiger partial charge in [0.15, 0.2) is 0 Å². The number of hydrogen-bond donors (Lipinski definition) is 2. The summed E-state index contributed by atoms with van der Waals surface area (Å²) in [6.45, 7) is 4.66. The lowest BCUT2D eigenvalue weighted by Gasteiger charge is -2.10. The van der Waals surface area contributed by atoms with Gasteiger partial charge in [-0.3, -0.25) is 4.79 Å². The van der Waals surface area contributed by atoms with Crippen LogP contribution in [-0.4, -0.2) is 24.2 Å². The van der Waals surface area contributed by atoms with E-state index in [4.69, 9.17) is 9.84 Å². The van der Waals surface area contributed by atoms with Crippen molar-refractivity contribution in [2.24, 2.45) is 5.92 Å². The van der Waals surface area contributed by atoms with Gasteiger partial charge in [0.1, 0.15) is 5.75 Å². The first kappa shape index (κ1) is 12.4. The average molecular weight is 223 g/mol. The van der Waals surface area contributed by atoms with Gasteiger partial charge in [0.2, 0.25) is 0 Å². The van der Waals surface area contributed by atoms with Gasteiger partial charge in [-0.2, -0.15) is 0 Å². The number of hydrogen-bond acceptors (Lipinski definition) is 3. The lowest BCUT2D eigenvalue weighted by Crippen LogP contribution is -2.19. The molecule has 0 aliphatic carbocycles. The van der Waals surface area contributed by atoms with E-state index in [1.807, 2.05) is 31.2 Å².